The Kier molecular flexibility index (Phi) is 4.39. The summed E-state index contributed by atoms with van der Waals surface area (Å²) in [5.74, 6) is 0.600. The summed E-state index contributed by atoms with van der Waals surface area (Å²) in [5, 5.41) is 4.13. The van der Waals surface area contributed by atoms with Gasteiger partial charge in [-0.25, -0.2) is 22.8 Å². The zero-order valence-electron chi connectivity index (χ0n) is 11.2. The third-order valence-corrected chi connectivity index (χ3v) is 6.37. The van der Waals surface area contributed by atoms with Gasteiger partial charge in [-0.15, -0.1) is 11.3 Å². The molecule has 3 aromatic heterocycles. The number of aromatic nitrogens is 3. The summed E-state index contributed by atoms with van der Waals surface area (Å²) in [7, 11) is -3.54. The zero-order chi connectivity index (χ0) is 15.6. The molecule has 0 unspecified atom stereocenters. The molecule has 3 rings (SSSR count). The minimum absolute atomic E-state index is 0.140. The summed E-state index contributed by atoms with van der Waals surface area (Å²) in [5.41, 5.74) is 0.741. The van der Waals surface area contributed by atoms with Gasteiger partial charge in [-0.05, 0) is 40.2 Å². The Labute approximate surface area is 140 Å². The van der Waals surface area contributed by atoms with E-state index in [2.05, 4.69) is 30.7 Å². The van der Waals surface area contributed by atoms with Crippen LogP contribution in [-0.4, -0.2) is 23.2 Å². The number of halogens is 1. The average molecular weight is 399 g/mol. The van der Waals surface area contributed by atoms with E-state index in [1.807, 2.05) is 6.07 Å². The van der Waals surface area contributed by atoms with Gasteiger partial charge >= 0.3 is 0 Å². The highest BCUT2D eigenvalue weighted by molar-refractivity contribution is 9.11. The molecule has 0 aliphatic heterocycles. The van der Waals surface area contributed by atoms with E-state index in [4.69, 9.17) is 0 Å². The minimum Gasteiger partial charge on any atom is -0.237 e. The number of nitrogens with zero attached hydrogens (tertiary/aromatic N) is 3. The number of rotatable bonds is 5. The van der Waals surface area contributed by atoms with Crippen LogP contribution in [0.15, 0.2) is 56.9 Å². The molecule has 0 fully saturated rings. The summed E-state index contributed by atoms with van der Waals surface area (Å²) in [4.78, 5) is 4.26. The van der Waals surface area contributed by atoms with Crippen LogP contribution in [0.1, 0.15) is 5.56 Å². The summed E-state index contributed by atoms with van der Waals surface area (Å²) >= 11 is 4.43. The lowest BCUT2D eigenvalue weighted by Crippen LogP contribution is -2.23. The van der Waals surface area contributed by atoms with Crippen molar-refractivity contribution in [2.75, 3.05) is 0 Å². The molecule has 0 amide bonds. The largest absolute Gasteiger partial charge is 0.250 e. The van der Waals surface area contributed by atoms with Crippen molar-refractivity contribution in [3.8, 4) is 5.82 Å². The van der Waals surface area contributed by atoms with Crippen LogP contribution in [-0.2, 0) is 16.6 Å². The van der Waals surface area contributed by atoms with Crippen LogP contribution in [0.2, 0.25) is 0 Å². The molecule has 1 N–H and O–H groups in total. The number of hydrogen-bond acceptors (Lipinski definition) is 5. The molecule has 0 spiro atoms. The van der Waals surface area contributed by atoms with Gasteiger partial charge in [-0.3, -0.25) is 0 Å². The van der Waals surface area contributed by atoms with Gasteiger partial charge < -0.3 is 0 Å². The van der Waals surface area contributed by atoms with E-state index in [9.17, 15) is 8.42 Å². The smallest absolute Gasteiger partial charge is 0.237 e. The lowest BCUT2D eigenvalue weighted by molar-refractivity contribution is 0.583. The molecule has 9 heteroatoms. The summed E-state index contributed by atoms with van der Waals surface area (Å²) in [6, 6.07) is 8.63. The number of sulfonamides is 1. The summed E-state index contributed by atoms with van der Waals surface area (Å²) < 4.78 is 29.7. The fourth-order valence-corrected chi connectivity index (χ4v) is 4.92. The molecule has 0 aromatic carbocycles. The van der Waals surface area contributed by atoms with E-state index >= 15 is 0 Å². The molecule has 0 saturated heterocycles. The fraction of sp³-hybridized carbons (Fsp3) is 0.0769. The molecule has 0 radical (unpaired) electrons. The van der Waals surface area contributed by atoms with Gasteiger partial charge in [0.05, 0.1) is 3.79 Å². The average Bonchev–Trinajstić information content (AvgIpc) is 3.17. The molecule has 6 nitrogen and oxygen atoms in total. The fourth-order valence-electron chi connectivity index (χ4n) is 1.85. The maximum atomic E-state index is 12.3. The van der Waals surface area contributed by atoms with Gasteiger partial charge in [0.25, 0.3) is 0 Å². The first kappa shape index (κ1) is 15.3. The van der Waals surface area contributed by atoms with E-state index in [1.54, 1.807) is 47.5 Å². The van der Waals surface area contributed by atoms with Crippen molar-refractivity contribution in [3.05, 3.63) is 58.3 Å². The van der Waals surface area contributed by atoms with Crippen molar-refractivity contribution in [1.82, 2.24) is 19.5 Å². The highest BCUT2D eigenvalue weighted by atomic mass is 79.9. The predicted octanol–water partition coefficient (Wildman–Crippen LogP) is 2.57. The van der Waals surface area contributed by atoms with Crippen molar-refractivity contribution in [2.45, 2.75) is 10.8 Å². The van der Waals surface area contributed by atoms with Crippen molar-refractivity contribution < 1.29 is 8.42 Å². The van der Waals surface area contributed by atoms with E-state index in [0.717, 1.165) is 20.7 Å². The van der Waals surface area contributed by atoms with Crippen LogP contribution in [0.3, 0.4) is 0 Å². The molecule has 0 aliphatic carbocycles. The Morgan fingerprint density at radius 1 is 1.23 bits per heavy atom. The normalized spacial score (nSPS) is 11.7. The van der Waals surface area contributed by atoms with Crippen molar-refractivity contribution in [2.24, 2.45) is 0 Å². The number of nitrogens with one attached hydrogen (secondary N) is 1. The molecular weight excluding hydrogens is 388 g/mol. The third kappa shape index (κ3) is 3.27. The van der Waals surface area contributed by atoms with E-state index in [0.29, 0.717) is 5.82 Å². The van der Waals surface area contributed by atoms with Crippen molar-refractivity contribution in [3.63, 3.8) is 0 Å². The monoisotopic (exact) mass is 398 g/mol. The molecule has 22 heavy (non-hydrogen) atoms. The zero-order valence-corrected chi connectivity index (χ0v) is 14.4. The highest BCUT2D eigenvalue weighted by Crippen LogP contribution is 2.26. The van der Waals surface area contributed by atoms with Crippen LogP contribution in [0, 0.1) is 0 Å². The lowest BCUT2D eigenvalue weighted by atomic mass is 10.2. The van der Waals surface area contributed by atoms with Crippen LogP contribution in [0.5, 0.6) is 0 Å². The summed E-state index contributed by atoms with van der Waals surface area (Å²) in [6.45, 7) is 0.140. The van der Waals surface area contributed by atoms with Gasteiger partial charge in [0.2, 0.25) is 10.0 Å². The van der Waals surface area contributed by atoms with Gasteiger partial charge in [0.15, 0.2) is 5.82 Å². The molecule has 114 valence electrons. The minimum atomic E-state index is -3.54. The molecule has 3 aromatic rings. The number of pyridine rings is 1. The molecule has 0 aliphatic rings. The quantitative estimate of drug-likeness (QED) is 0.716. The number of thiophene rings is 1. The van der Waals surface area contributed by atoms with Gasteiger partial charge in [0.1, 0.15) is 4.21 Å². The van der Waals surface area contributed by atoms with Crippen LogP contribution in [0.4, 0.5) is 0 Å². The second-order valence-electron chi connectivity index (χ2n) is 4.32. The molecule has 0 bridgehead atoms. The molecular formula is C13H11BrN4O2S2. The van der Waals surface area contributed by atoms with Gasteiger partial charge in [-0.2, -0.15) is 5.10 Å². The first-order valence-electron chi connectivity index (χ1n) is 6.25. The van der Waals surface area contributed by atoms with Crippen LogP contribution >= 0.6 is 27.3 Å². The van der Waals surface area contributed by atoms with E-state index in [-0.39, 0.29) is 10.8 Å². The van der Waals surface area contributed by atoms with E-state index < -0.39 is 10.0 Å². The van der Waals surface area contributed by atoms with Crippen molar-refractivity contribution >= 4 is 37.3 Å². The molecule has 0 saturated carbocycles. The maximum absolute atomic E-state index is 12.3. The standard InChI is InChI=1S/C13H11BrN4O2S2/c14-11-4-5-12(21-11)22(19,20)17-9-10-3-1-6-15-13(10)18-8-2-7-16-18/h1-8,17H,9H2. The third-order valence-electron chi connectivity index (χ3n) is 2.85. The molecule has 3 heterocycles. The second-order valence-corrected chi connectivity index (χ2v) is 8.78. The first-order chi connectivity index (χ1) is 10.6. The Balaban J connectivity index is 1.83. The first-order valence-corrected chi connectivity index (χ1v) is 9.34. The lowest BCUT2D eigenvalue weighted by Gasteiger charge is -2.09. The Morgan fingerprint density at radius 3 is 2.77 bits per heavy atom. The highest BCUT2D eigenvalue weighted by Gasteiger charge is 2.17. The maximum Gasteiger partial charge on any atom is 0.250 e. The second kappa shape index (κ2) is 6.29. The topological polar surface area (TPSA) is 76.9 Å². The Hall–Kier alpha value is -1.55. The van der Waals surface area contributed by atoms with E-state index in [1.165, 1.54) is 0 Å². The van der Waals surface area contributed by atoms with Crippen molar-refractivity contribution in [1.29, 1.82) is 0 Å². The molecule has 0 atom stereocenters. The summed E-state index contributed by atoms with van der Waals surface area (Å²) in [6.07, 6.45) is 5.05. The Bertz CT molecular complexity index is 875. The number of hydrogen-bond donors (Lipinski definition) is 1. The SMILES string of the molecule is O=S(=O)(NCc1cccnc1-n1cccn1)c1ccc(Br)s1. The van der Waals surface area contributed by atoms with Crippen LogP contribution < -0.4 is 4.72 Å². The van der Waals surface area contributed by atoms with Gasteiger partial charge in [0, 0.05) is 30.7 Å². The predicted molar refractivity (Wildman–Crippen MR) is 87.4 cm³/mol. The Morgan fingerprint density at radius 2 is 2.09 bits per heavy atom. The van der Waals surface area contributed by atoms with Gasteiger partial charge in [-0.1, -0.05) is 6.07 Å². The van der Waals surface area contributed by atoms with Crippen LogP contribution in [0.25, 0.3) is 5.82 Å².